The Kier molecular flexibility index (Phi) is 5.16. The molecule has 0 radical (unpaired) electrons. The van der Waals surface area contributed by atoms with Gasteiger partial charge in [-0.2, -0.15) is 0 Å². The maximum absolute atomic E-state index is 12.6. The molecule has 0 atom stereocenters. The van der Waals surface area contributed by atoms with E-state index in [9.17, 15) is 4.79 Å². The summed E-state index contributed by atoms with van der Waals surface area (Å²) < 4.78 is 5.19. The minimum absolute atomic E-state index is 0.127. The van der Waals surface area contributed by atoms with Crippen LogP contribution in [-0.2, 0) is 6.54 Å². The van der Waals surface area contributed by atoms with Gasteiger partial charge in [-0.3, -0.25) is 9.69 Å². The van der Waals surface area contributed by atoms with E-state index in [2.05, 4.69) is 22.0 Å². The molecule has 1 fully saturated rings. The number of amides is 1. The van der Waals surface area contributed by atoms with E-state index in [1.54, 1.807) is 7.11 Å². The molecule has 1 amide bonds. The first-order valence-corrected chi connectivity index (χ1v) is 8.97. The Morgan fingerprint density at radius 1 is 1.17 bits per heavy atom. The van der Waals surface area contributed by atoms with Crippen molar-refractivity contribution in [1.29, 1.82) is 0 Å². The molecule has 1 aromatic heterocycles. The first-order valence-electron chi connectivity index (χ1n) is 8.15. The molecule has 1 aliphatic heterocycles. The molecule has 0 bridgehead atoms. The zero-order chi connectivity index (χ0) is 17.1. The van der Waals surface area contributed by atoms with E-state index in [0.717, 1.165) is 54.1 Å². The van der Waals surface area contributed by atoms with Gasteiger partial charge >= 0.3 is 0 Å². The molecule has 0 saturated carbocycles. The van der Waals surface area contributed by atoms with Gasteiger partial charge in [0.25, 0.3) is 5.91 Å². The van der Waals surface area contributed by atoms with Gasteiger partial charge in [0.1, 0.15) is 10.6 Å². The summed E-state index contributed by atoms with van der Waals surface area (Å²) in [6.07, 6.45) is 0. The fourth-order valence-electron chi connectivity index (χ4n) is 2.97. The highest BCUT2D eigenvalue weighted by molar-refractivity contribution is 7.13. The standard InChI is InChI=1S/C18H23N3O2S/c1-13-17(24-14(2)19-13)18(22)21-10-8-20(9-11-21)12-15-4-6-16(23-3)7-5-15/h4-7H,8-12H2,1-3H3. The first-order chi connectivity index (χ1) is 11.6. The van der Waals surface area contributed by atoms with Crippen LogP contribution in [0.5, 0.6) is 5.75 Å². The SMILES string of the molecule is COc1ccc(CN2CCN(C(=O)c3sc(C)nc3C)CC2)cc1. The van der Waals surface area contributed by atoms with Gasteiger partial charge in [0.15, 0.2) is 0 Å². The summed E-state index contributed by atoms with van der Waals surface area (Å²) in [5.74, 6) is 1.01. The average Bonchev–Trinajstić information content (AvgIpc) is 2.94. The third-order valence-corrected chi connectivity index (χ3v) is 5.38. The highest BCUT2D eigenvalue weighted by Crippen LogP contribution is 2.20. The number of methoxy groups -OCH3 is 1. The summed E-state index contributed by atoms with van der Waals surface area (Å²) in [4.78, 5) is 22.1. The van der Waals surface area contributed by atoms with Crippen LogP contribution in [-0.4, -0.2) is 54.0 Å². The summed E-state index contributed by atoms with van der Waals surface area (Å²) in [5, 5.41) is 0.953. The maximum Gasteiger partial charge on any atom is 0.265 e. The van der Waals surface area contributed by atoms with E-state index < -0.39 is 0 Å². The maximum atomic E-state index is 12.6. The first kappa shape index (κ1) is 16.9. The molecule has 128 valence electrons. The van der Waals surface area contributed by atoms with Crippen LogP contribution < -0.4 is 4.74 Å². The number of carbonyl (C=O) groups is 1. The molecule has 0 N–H and O–H groups in total. The Bertz CT molecular complexity index is 704. The molecule has 2 heterocycles. The normalized spacial score (nSPS) is 15.5. The average molecular weight is 345 g/mol. The number of hydrogen-bond acceptors (Lipinski definition) is 5. The molecule has 5 nitrogen and oxygen atoms in total. The van der Waals surface area contributed by atoms with E-state index in [4.69, 9.17) is 4.74 Å². The molecule has 0 aliphatic carbocycles. The molecule has 3 rings (SSSR count). The molecule has 1 aliphatic rings. The van der Waals surface area contributed by atoms with Crippen LogP contribution in [0.3, 0.4) is 0 Å². The van der Waals surface area contributed by atoms with Gasteiger partial charge in [-0.25, -0.2) is 4.98 Å². The Hall–Kier alpha value is -1.92. The van der Waals surface area contributed by atoms with Gasteiger partial charge in [-0.1, -0.05) is 12.1 Å². The number of aryl methyl sites for hydroxylation is 2. The fourth-order valence-corrected chi connectivity index (χ4v) is 3.86. The highest BCUT2D eigenvalue weighted by Gasteiger charge is 2.24. The fraction of sp³-hybridized carbons (Fsp3) is 0.444. The largest absolute Gasteiger partial charge is 0.497 e. The molecular formula is C18H23N3O2S. The Labute approximate surface area is 146 Å². The molecule has 24 heavy (non-hydrogen) atoms. The van der Waals surface area contributed by atoms with Crippen LogP contribution in [0.25, 0.3) is 0 Å². The van der Waals surface area contributed by atoms with Crippen molar-refractivity contribution in [1.82, 2.24) is 14.8 Å². The zero-order valence-corrected chi connectivity index (χ0v) is 15.2. The van der Waals surface area contributed by atoms with Gasteiger partial charge in [-0.15, -0.1) is 11.3 Å². The number of aromatic nitrogens is 1. The van der Waals surface area contributed by atoms with Gasteiger partial charge in [-0.05, 0) is 31.5 Å². The quantitative estimate of drug-likeness (QED) is 0.855. The highest BCUT2D eigenvalue weighted by atomic mass is 32.1. The predicted molar refractivity (Wildman–Crippen MR) is 95.8 cm³/mol. The van der Waals surface area contributed by atoms with Crippen molar-refractivity contribution < 1.29 is 9.53 Å². The second-order valence-corrected chi connectivity index (χ2v) is 7.27. The topological polar surface area (TPSA) is 45.7 Å². The van der Waals surface area contributed by atoms with Crippen molar-refractivity contribution in [2.75, 3.05) is 33.3 Å². The summed E-state index contributed by atoms with van der Waals surface area (Å²) in [6, 6.07) is 8.17. The lowest BCUT2D eigenvalue weighted by molar-refractivity contribution is 0.0632. The molecule has 0 spiro atoms. The summed E-state index contributed by atoms with van der Waals surface area (Å²) in [7, 11) is 1.68. The second-order valence-electron chi connectivity index (χ2n) is 6.06. The van der Waals surface area contributed by atoms with Gasteiger partial charge in [0, 0.05) is 32.7 Å². The van der Waals surface area contributed by atoms with Crippen LogP contribution >= 0.6 is 11.3 Å². The van der Waals surface area contributed by atoms with E-state index in [1.165, 1.54) is 16.9 Å². The van der Waals surface area contributed by atoms with Crippen LogP contribution in [0.2, 0.25) is 0 Å². The van der Waals surface area contributed by atoms with Crippen molar-refractivity contribution in [3.63, 3.8) is 0 Å². The van der Waals surface area contributed by atoms with Crippen molar-refractivity contribution in [2.24, 2.45) is 0 Å². The third kappa shape index (κ3) is 3.76. The Morgan fingerprint density at radius 3 is 2.38 bits per heavy atom. The van der Waals surface area contributed by atoms with Gasteiger partial charge in [0.05, 0.1) is 17.8 Å². The number of benzene rings is 1. The molecule has 2 aromatic rings. The number of rotatable bonds is 4. The third-order valence-electron chi connectivity index (χ3n) is 4.32. The van der Waals surface area contributed by atoms with Crippen molar-refractivity contribution in [3.05, 3.63) is 45.4 Å². The van der Waals surface area contributed by atoms with Gasteiger partial charge < -0.3 is 9.64 Å². The van der Waals surface area contributed by atoms with E-state index in [0.29, 0.717) is 0 Å². The predicted octanol–water partition coefficient (Wildman–Crippen LogP) is 2.73. The molecular weight excluding hydrogens is 322 g/mol. The summed E-state index contributed by atoms with van der Waals surface area (Å²) in [6.45, 7) is 8.10. The van der Waals surface area contributed by atoms with Crippen LogP contribution in [0.4, 0.5) is 0 Å². The van der Waals surface area contributed by atoms with Crippen LogP contribution in [0.15, 0.2) is 24.3 Å². The van der Waals surface area contributed by atoms with Crippen molar-refractivity contribution in [2.45, 2.75) is 20.4 Å². The monoisotopic (exact) mass is 345 g/mol. The minimum atomic E-state index is 0.127. The number of piperazine rings is 1. The number of nitrogens with zero attached hydrogens (tertiary/aromatic N) is 3. The van der Waals surface area contributed by atoms with E-state index in [-0.39, 0.29) is 5.91 Å². The lowest BCUT2D eigenvalue weighted by Gasteiger charge is -2.34. The molecule has 1 saturated heterocycles. The lowest BCUT2D eigenvalue weighted by Crippen LogP contribution is -2.48. The zero-order valence-electron chi connectivity index (χ0n) is 14.4. The lowest BCUT2D eigenvalue weighted by atomic mass is 10.2. The van der Waals surface area contributed by atoms with E-state index in [1.807, 2.05) is 30.9 Å². The van der Waals surface area contributed by atoms with Gasteiger partial charge in [0.2, 0.25) is 0 Å². The Morgan fingerprint density at radius 2 is 1.83 bits per heavy atom. The van der Waals surface area contributed by atoms with Crippen molar-refractivity contribution >= 4 is 17.2 Å². The van der Waals surface area contributed by atoms with E-state index >= 15 is 0 Å². The smallest absolute Gasteiger partial charge is 0.265 e. The number of carbonyl (C=O) groups excluding carboxylic acids is 1. The summed E-state index contributed by atoms with van der Waals surface area (Å²) >= 11 is 1.50. The molecule has 6 heteroatoms. The minimum Gasteiger partial charge on any atom is -0.497 e. The van der Waals surface area contributed by atoms with Crippen molar-refractivity contribution in [3.8, 4) is 5.75 Å². The second kappa shape index (κ2) is 7.32. The summed E-state index contributed by atoms with van der Waals surface area (Å²) in [5.41, 5.74) is 2.12. The number of thiazole rings is 1. The Balaban J connectivity index is 1.55. The molecule has 1 aromatic carbocycles. The number of hydrogen-bond donors (Lipinski definition) is 0. The van der Waals surface area contributed by atoms with Crippen LogP contribution in [0.1, 0.15) is 25.9 Å². The van der Waals surface area contributed by atoms with Crippen LogP contribution in [0, 0.1) is 13.8 Å². The number of ether oxygens (including phenoxy) is 1. The molecule has 0 unspecified atom stereocenters.